The van der Waals surface area contributed by atoms with E-state index < -0.39 is 6.10 Å². The van der Waals surface area contributed by atoms with Crippen molar-refractivity contribution in [1.82, 2.24) is 25.1 Å². The number of morpholine rings is 1. The van der Waals surface area contributed by atoms with E-state index in [1.165, 1.54) is 10.4 Å². The van der Waals surface area contributed by atoms with Gasteiger partial charge in [0.25, 0.3) is 0 Å². The summed E-state index contributed by atoms with van der Waals surface area (Å²) >= 11 is 0. The number of hydrogen-bond donors (Lipinski definition) is 1. The fourth-order valence-electron chi connectivity index (χ4n) is 3.12. The summed E-state index contributed by atoms with van der Waals surface area (Å²) in [5, 5.41) is 22.8. The maximum absolute atomic E-state index is 10.3. The van der Waals surface area contributed by atoms with Gasteiger partial charge >= 0.3 is 0 Å². The molecule has 0 unspecified atom stereocenters. The average molecular weight is 331 g/mol. The number of aryl methyl sites for hydroxylation is 1. The number of nitrogens with zero attached hydrogens (tertiary/aromatic N) is 5. The third kappa shape index (κ3) is 4.37. The molecule has 2 aromatic rings. The highest BCUT2D eigenvalue weighted by Gasteiger charge is 2.24. The van der Waals surface area contributed by atoms with Crippen LogP contribution in [0.15, 0.2) is 24.3 Å². The van der Waals surface area contributed by atoms with Gasteiger partial charge in [0.05, 0.1) is 24.9 Å². The molecule has 1 aliphatic heterocycles. The number of hydrogen-bond acceptors (Lipinski definition) is 6. The highest BCUT2D eigenvalue weighted by Crippen LogP contribution is 2.14. The van der Waals surface area contributed by atoms with Gasteiger partial charge in [0.2, 0.25) is 5.82 Å². The zero-order valence-corrected chi connectivity index (χ0v) is 14.5. The molecule has 0 aliphatic carbocycles. The molecular weight excluding hydrogens is 306 g/mol. The zero-order valence-electron chi connectivity index (χ0n) is 14.5. The summed E-state index contributed by atoms with van der Waals surface area (Å²) in [5.41, 5.74) is 2.12. The van der Waals surface area contributed by atoms with Crippen LogP contribution in [0.1, 0.15) is 19.4 Å². The normalized spacial score (nSPS) is 23.3. The van der Waals surface area contributed by atoms with Crippen LogP contribution < -0.4 is 0 Å². The molecule has 0 saturated carbocycles. The van der Waals surface area contributed by atoms with Crippen LogP contribution in [0.5, 0.6) is 0 Å². The monoisotopic (exact) mass is 331 g/mol. The van der Waals surface area contributed by atoms with Gasteiger partial charge in [0, 0.05) is 25.2 Å². The molecule has 7 nitrogen and oxygen atoms in total. The molecule has 1 aromatic heterocycles. The van der Waals surface area contributed by atoms with Gasteiger partial charge in [0.15, 0.2) is 0 Å². The van der Waals surface area contributed by atoms with E-state index in [0.717, 1.165) is 18.7 Å². The van der Waals surface area contributed by atoms with Crippen LogP contribution in [0.4, 0.5) is 0 Å². The van der Waals surface area contributed by atoms with E-state index in [1.54, 1.807) is 0 Å². The fraction of sp³-hybridized carbons (Fsp3) is 0.588. The SMILES string of the molecule is Cc1ccc(-c2nnn(C[C@H](O)CN3C[C@H](C)O[C@@H](C)C3)n2)cc1. The lowest BCUT2D eigenvalue weighted by Crippen LogP contribution is -2.48. The molecule has 3 rings (SSSR count). The standard InChI is InChI=1S/C17H25N5O2/c1-12-4-6-15(7-5-12)17-18-20-22(19-17)11-16(23)10-21-8-13(2)24-14(3)9-21/h4-7,13-14,16,23H,8-11H2,1-3H3/t13-,14-,16+/m0/s1. The molecule has 0 amide bonds. The van der Waals surface area contributed by atoms with Crippen LogP contribution in [0.25, 0.3) is 11.4 Å². The van der Waals surface area contributed by atoms with E-state index in [9.17, 15) is 5.11 Å². The Bertz CT molecular complexity index is 647. The molecule has 130 valence electrons. The van der Waals surface area contributed by atoms with Gasteiger partial charge < -0.3 is 9.84 Å². The summed E-state index contributed by atoms with van der Waals surface area (Å²) in [4.78, 5) is 3.69. The van der Waals surface area contributed by atoms with Crippen molar-refractivity contribution < 1.29 is 9.84 Å². The number of ether oxygens (including phenoxy) is 1. The summed E-state index contributed by atoms with van der Waals surface area (Å²) in [6, 6.07) is 7.99. The van der Waals surface area contributed by atoms with Gasteiger partial charge in [-0.05, 0) is 26.0 Å². The first-order valence-electron chi connectivity index (χ1n) is 8.40. The minimum absolute atomic E-state index is 0.193. The van der Waals surface area contributed by atoms with E-state index in [1.807, 2.05) is 31.2 Å². The Labute approximate surface area is 142 Å². The van der Waals surface area contributed by atoms with Gasteiger partial charge in [-0.15, -0.1) is 10.2 Å². The van der Waals surface area contributed by atoms with Crippen LogP contribution in [-0.2, 0) is 11.3 Å². The predicted octanol–water partition coefficient (Wildman–Crippen LogP) is 1.12. The van der Waals surface area contributed by atoms with Gasteiger partial charge in [-0.1, -0.05) is 29.8 Å². The van der Waals surface area contributed by atoms with Gasteiger partial charge in [0.1, 0.15) is 0 Å². The molecule has 2 heterocycles. The number of aliphatic hydroxyl groups is 1. The highest BCUT2D eigenvalue weighted by molar-refractivity contribution is 5.53. The first kappa shape index (κ1) is 17.0. The number of rotatable bonds is 5. The quantitative estimate of drug-likeness (QED) is 0.885. The molecule has 0 spiro atoms. The Kier molecular flexibility index (Phi) is 5.23. The van der Waals surface area contributed by atoms with Crippen molar-refractivity contribution in [2.24, 2.45) is 0 Å². The number of aromatic nitrogens is 4. The second-order valence-corrected chi connectivity index (χ2v) is 6.66. The summed E-state index contributed by atoms with van der Waals surface area (Å²) in [5.74, 6) is 0.579. The van der Waals surface area contributed by atoms with Crippen molar-refractivity contribution in [3.8, 4) is 11.4 Å². The smallest absolute Gasteiger partial charge is 0.204 e. The molecular formula is C17H25N5O2. The van der Waals surface area contributed by atoms with Crippen molar-refractivity contribution in [1.29, 1.82) is 0 Å². The maximum atomic E-state index is 10.3. The second-order valence-electron chi connectivity index (χ2n) is 6.66. The van der Waals surface area contributed by atoms with Gasteiger partial charge in [-0.3, -0.25) is 4.90 Å². The first-order chi connectivity index (χ1) is 11.5. The lowest BCUT2D eigenvalue weighted by Gasteiger charge is -2.36. The summed E-state index contributed by atoms with van der Waals surface area (Å²) < 4.78 is 5.71. The molecule has 1 N–H and O–H groups in total. The Hall–Kier alpha value is -1.83. The minimum Gasteiger partial charge on any atom is -0.390 e. The summed E-state index contributed by atoms with van der Waals surface area (Å²) in [7, 11) is 0. The van der Waals surface area contributed by atoms with E-state index in [2.05, 4.69) is 34.2 Å². The largest absolute Gasteiger partial charge is 0.390 e. The molecule has 1 saturated heterocycles. The third-order valence-electron chi connectivity index (χ3n) is 4.10. The topological polar surface area (TPSA) is 76.3 Å². The lowest BCUT2D eigenvalue weighted by molar-refractivity contribution is -0.0776. The van der Waals surface area contributed by atoms with Crippen LogP contribution >= 0.6 is 0 Å². The van der Waals surface area contributed by atoms with Gasteiger partial charge in [-0.25, -0.2) is 0 Å². The molecule has 24 heavy (non-hydrogen) atoms. The summed E-state index contributed by atoms with van der Waals surface area (Å²) in [6.07, 6.45) is -0.153. The molecule has 3 atom stereocenters. The second kappa shape index (κ2) is 7.38. The lowest BCUT2D eigenvalue weighted by atomic mass is 10.1. The van der Waals surface area contributed by atoms with Crippen molar-refractivity contribution in [3.63, 3.8) is 0 Å². The molecule has 0 bridgehead atoms. The zero-order chi connectivity index (χ0) is 17.1. The van der Waals surface area contributed by atoms with Crippen LogP contribution in [0.2, 0.25) is 0 Å². The van der Waals surface area contributed by atoms with Crippen molar-refractivity contribution in [2.45, 2.75) is 45.6 Å². The van der Waals surface area contributed by atoms with Crippen molar-refractivity contribution in [3.05, 3.63) is 29.8 Å². The molecule has 1 aliphatic rings. The van der Waals surface area contributed by atoms with E-state index >= 15 is 0 Å². The van der Waals surface area contributed by atoms with Crippen LogP contribution in [0, 0.1) is 6.92 Å². The average Bonchev–Trinajstić information content (AvgIpc) is 2.95. The molecule has 1 aromatic carbocycles. The molecule has 0 radical (unpaired) electrons. The number of tetrazole rings is 1. The van der Waals surface area contributed by atoms with Gasteiger partial charge in [-0.2, -0.15) is 4.80 Å². The maximum Gasteiger partial charge on any atom is 0.204 e. The predicted molar refractivity (Wildman–Crippen MR) is 90.4 cm³/mol. The highest BCUT2D eigenvalue weighted by atomic mass is 16.5. The van der Waals surface area contributed by atoms with E-state index in [0.29, 0.717) is 18.9 Å². The Morgan fingerprint density at radius 3 is 2.50 bits per heavy atom. The van der Waals surface area contributed by atoms with E-state index in [-0.39, 0.29) is 12.2 Å². The number of benzene rings is 1. The van der Waals surface area contributed by atoms with Crippen LogP contribution in [-0.4, -0.2) is 68.2 Å². The third-order valence-corrected chi connectivity index (χ3v) is 4.10. The number of aliphatic hydroxyl groups excluding tert-OH is 1. The van der Waals surface area contributed by atoms with Crippen LogP contribution in [0.3, 0.4) is 0 Å². The Balaban J connectivity index is 1.57. The minimum atomic E-state index is -0.539. The Morgan fingerprint density at radius 1 is 1.17 bits per heavy atom. The Morgan fingerprint density at radius 2 is 1.83 bits per heavy atom. The number of β-amino-alcohol motifs (C(OH)–C–C–N with tert-alkyl or cyclic N) is 1. The van der Waals surface area contributed by atoms with E-state index in [4.69, 9.17) is 4.74 Å². The summed E-state index contributed by atoms with van der Waals surface area (Å²) in [6.45, 7) is 8.74. The van der Waals surface area contributed by atoms with Crippen molar-refractivity contribution in [2.75, 3.05) is 19.6 Å². The fourth-order valence-corrected chi connectivity index (χ4v) is 3.12. The van der Waals surface area contributed by atoms with Crippen molar-refractivity contribution >= 4 is 0 Å². The molecule has 7 heteroatoms. The first-order valence-corrected chi connectivity index (χ1v) is 8.40. The molecule has 1 fully saturated rings.